The number of likely N-dealkylation sites (N-methyl/N-ethyl adjacent to an activating group) is 1. The van der Waals surface area contributed by atoms with Crippen LogP contribution in [0, 0.1) is 0 Å². The molecule has 5 nitrogen and oxygen atoms in total. The zero-order valence-electron chi connectivity index (χ0n) is 8.85. The fraction of sp³-hybridized carbons (Fsp3) is 0.300. The molecule has 0 saturated carbocycles. The van der Waals surface area contributed by atoms with E-state index < -0.39 is 17.9 Å². The molecule has 0 unspecified atom stereocenters. The first-order chi connectivity index (χ1) is 7.45. The molecule has 0 bridgehead atoms. The lowest BCUT2D eigenvalue weighted by Crippen LogP contribution is -2.40. The van der Waals surface area contributed by atoms with Gasteiger partial charge < -0.3 is 10.0 Å². The standard InChI is InChI=1S/C10H11ClN2O3/c1-6(10(15)16)13(2)9(14)7-4-3-5-12-8(7)11/h3-6H,1-2H3,(H,15,16)/t6-/m1/s1. The van der Waals surface area contributed by atoms with Gasteiger partial charge in [-0.25, -0.2) is 9.78 Å². The number of rotatable bonds is 3. The second kappa shape index (κ2) is 4.94. The molecule has 1 atom stereocenters. The lowest BCUT2D eigenvalue weighted by Gasteiger charge is -2.21. The Kier molecular flexibility index (Phi) is 3.84. The van der Waals surface area contributed by atoms with E-state index in [4.69, 9.17) is 16.7 Å². The zero-order chi connectivity index (χ0) is 12.3. The van der Waals surface area contributed by atoms with E-state index >= 15 is 0 Å². The summed E-state index contributed by atoms with van der Waals surface area (Å²) < 4.78 is 0. The van der Waals surface area contributed by atoms with Crippen molar-refractivity contribution in [3.8, 4) is 0 Å². The van der Waals surface area contributed by atoms with Gasteiger partial charge in [-0.1, -0.05) is 11.6 Å². The van der Waals surface area contributed by atoms with Gasteiger partial charge >= 0.3 is 5.97 Å². The monoisotopic (exact) mass is 242 g/mol. The summed E-state index contributed by atoms with van der Waals surface area (Å²) in [4.78, 5) is 27.4. The Labute approximate surface area is 97.7 Å². The molecule has 0 aliphatic heterocycles. The van der Waals surface area contributed by atoms with Crippen LogP contribution in [-0.4, -0.2) is 40.0 Å². The lowest BCUT2D eigenvalue weighted by atomic mass is 10.2. The molecular weight excluding hydrogens is 232 g/mol. The minimum absolute atomic E-state index is 0.0666. The van der Waals surface area contributed by atoms with Gasteiger partial charge in [0, 0.05) is 13.2 Å². The number of carboxylic acids is 1. The highest BCUT2D eigenvalue weighted by Crippen LogP contribution is 2.14. The zero-order valence-corrected chi connectivity index (χ0v) is 9.60. The molecule has 1 amide bonds. The topological polar surface area (TPSA) is 70.5 Å². The van der Waals surface area contributed by atoms with Crippen LogP contribution in [0.5, 0.6) is 0 Å². The van der Waals surface area contributed by atoms with Crippen molar-refractivity contribution in [2.24, 2.45) is 0 Å². The summed E-state index contributed by atoms with van der Waals surface area (Å²) in [6.07, 6.45) is 1.46. The van der Waals surface area contributed by atoms with Crippen molar-refractivity contribution in [3.05, 3.63) is 29.0 Å². The minimum Gasteiger partial charge on any atom is -0.480 e. The summed E-state index contributed by atoms with van der Waals surface area (Å²) in [7, 11) is 1.41. The molecule has 0 fully saturated rings. The molecule has 0 aliphatic carbocycles. The van der Waals surface area contributed by atoms with Crippen LogP contribution < -0.4 is 0 Å². The van der Waals surface area contributed by atoms with E-state index in [9.17, 15) is 9.59 Å². The number of nitrogens with zero attached hydrogens (tertiary/aromatic N) is 2. The first-order valence-corrected chi connectivity index (χ1v) is 4.93. The van der Waals surface area contributed by atoms with Crippen molar-refractivity contribution >= 4 is 23.5 Å². The highest BCUT2D eigenvalue weighted by atomic mass is 35.5. The fourth-order valence-electron chi connectivity index (χ4n) is 1.08. The molecule has 1 heterocycles. The van der Waals surface area contributed by atoms with Crippen molar-refractivity contribution in [1.82, 2.24) is 9.88 Å². The number of pyridine rings is 1. The van der Waals surface area contributed by atoms with Crippen molar-refractivity contribution in [1.29, 1.82) is 0 Å². The van der Waals surface area contributed by atoms with E-state index in [1.165, 1.54) is 26.2 Å². The largest absolute Gasteiger partial charge is 0.480 e. The van der Waals surface area contributed by atoms with Crippen LogP contribution in [0.2, 0.25) is 5.15 Å². The van der Waals surface area contributed by atoms with E-state index in [2.05, 4.69) is 4.98 Å². The maximum Gasteiger partial charge on any atom is 0.326 e. The van der Waals surface area contributed by atoms with Crippen LogP contribution in [0.25, 0.3) is 0 Å². The molecule has 1 N–H and O–H groups in total. The number of carbonyl (C=O) groups excluding carboxylic acids is 1. The molecule has 86 valence electrons. The van der Waals surface area contributed by atoms with E-state index in [1.54, 1.807) is 6.07 Å². The van der Waals surface area contributed by atoms with Gasteiger partial charge in [-0.2, -0.15) is 0 Å². The SMILES string of the molecule is C[C@H](C(=O)O)N(C)C(=O)c1cccnc1Cl. The van der Waals surface area contributed by atoms with Crippen LogP contribution in [0.1, 0.15) is 17.3 Å². The lowest BCUT2D eigenvalue weighted by molar-refractivity contribution is -0.141. The van der Waals surface area contributed by atoms with Crippen LogP contribution in [0.15, 0.2) is 18.3 Å². The summed E-state index contributed by atoms with van der Waals surface area (Å²) in [5, 5.41) is 8.84. The van der Waals surface area contributed by atoms with Gasteiger partial charge in [0.1, 0.15) is 11.2 Å². The number of aliphatic carboxylic acids is 1. The average molecular weight is 243 g/mol. The summed E-state index contributed by atoms with van der Waals surface area (Å²) in [5.74, 6) is -1.54. The van der Waals surface area contributed by atoms with Crippen LogP contribution >= 0.6 is 11.6 Å². The molecule has 0 aromatic carbocycles. The molecule has 1 rings (SSSR count). The van der Waals surface area contributed by atoms with Crippen LogP contribution in [-0.2, 0) is 4.79 Å². The number of hydrogen-bond donors (Lipinski definition) is 1. The predicted molar refractivity (Wildman–Crippen MR) is 58.4 cm³/mol. The molecule has 0 spiro atoms. The first-order valence-electron chi connectivity index (χ1n) is 4.55. The van der Waals surface area contributed by atoms with Crippen LogP contribution in [0.3, 0.4) is 0 Å². The molecule has 16 heavy (non-hydrogen) atoms. The average Bonchev–Trinajstić information content (AvgIpc) is 2.26. The second-order valence-corrected chi connectivity index (χ2v) is 3.63. The van der Waals surface area contributed by atoms with Crippen molar-refractivity contribution < 1.29 is 14.7 Å². The van der Waals surface area contributed by atoms with Gasteiger partial charge in [0.2, 0.25) is 0 Å². The number of hydrogen-bond acceptors (Lipinski definition) is 3. The number of aromatic nitrogens is 1. The van der Waals surface area contributed by atoms with Crippen molar-refractivity contribution in [2.75, 3.05) is 7.05 Å². The summed E-state index contributed by atoms with van der Waals surface area (Å²) in [6, 6.07) is 2.16. The van der Waals surface area contributed by atoms with Gasteiger partial charge in [0.05, 0.1) is 5.56 Å². The molecule has 0 radical (unpaired) electrons. The third-order valence-corrected chi connectivity index (χ3v) is 2.55. The third-order valence-electron chi connectivity index (χ3n) is 2.25. The molecule has 0 aliphatic rings. The number of amides is 1. The van der Waals surface area contributed by atoms with E-state index in [0.717, 1.165) is 4.90 Å². The Balaban J connectivity index is 2.95. The van der Waals surface area contributed by atoms with E-state index in [-0.39, 0.29) is 10.7 Å². The molecule has 1 aromatic rings. The van der Waals surface area contributed by atoms with Crippen LogP contribution in [0.4, 0.5) is 0 Å². The Bertz CT molecular complexity index is 422. The normalized spacial score (nSPS) is 11.9. The Morgan fingerprint density at radius 2 is 2.19 bits per heavy atom. The summed E-state index contributed by atoms with van der Waals surface area (Å²) >= 11 is 5.74. The Morgan fingerprint density at radius 3 is 2.69 bits per heavy atom. The van der Waals surface area contributed by atoms with Crippen molar-refractivity contribution in [2.45, 2.75) is 13.0 Å². The number of carboxylic acid groups (broad SMARTS) is 1. The van der Waals surface area contributed by atoms with E-state index in [1.807, 2.05) is 0 Å². The quantitative estimate of drug-likeness (QED) is 0.811. The Morgan fingerprint density at radius 1 is 1.56 bits per heavy atom. The van der Waals surface area contributed by atoms with Gasteiger partial charge in [0.15, 0.2) is 0 Å². The minimum atomic E-state index is -1.07. The maximum absolute atomic E-state index is 11.8. The Hall–Kier alpha value is -1.62. The summed E-state index contributed by atoms with van der Waals surface area (Å²) in [5.41, 5.74) is 0.194. The van der Waals surface area contributed by atoms with Crippen molar-refractivity contribution in [3.63, 3.8) is 0 Å². The fourth-order valence-corrected chi connectivity index (χ4v) is 1.28. The first kappa shape index (κ1) is 12.4. The van der Waals surface area contributed by atoms with Gasteiger partial charge in [0.25, 0.3) is 5.91 Å². The molecule has 6 heteroatoms. The number of carbonyl (C=O) groups is 2. The summed E-state index contributed by atoms with van der Waals surface area (Å²) in [6.45, 7) is 1.42. The van der Waals surface area contributed by atoms with Gasteiger partial charge in [-0.15, -0.1) is 0 Å². The highest BCUT2D eigenvalue weighted by molar-refractivity contribution is 6.32. The smallest absolute Gasteiger partial charge is 0.326 e. The third kappa shape index (κ3) is 2.49. The second-order valence-electron chi connectivity index (χ2n) is 3.27. The maximum atomic E-state index is 11.8. The van der Waals surface area contributed by atoms with E-state index in [0.29, 0.717) is 0 Å². The van der Waals surface area contributed by atoms with Gasteiger partial charge in [-0.3, -0.25) is 4.79 Å². The molecule has 1 aromatic heterocycles. The number of halogens is 1. The molecular formula is C10H11ClN2O3. The predicted octanol–water partition coefficient (Wildman–Crippen LogP) is 1.28. The van der Waals surface area contributed by atoms with Gasteiger partial charge in [-0.05, 0) is 19.1 Å². The highest BCUT2D eigenvalue weighted by Gasteiger charge is 2.24. The molecule has 0 saturated heterocycles.